The molecule has 0 unspecified atom stereocenters. The first-order chi connectivity index (χ1) is 9.56. The minimum absolute atomic E-state index is 0.0731. The Morgan fingerprint density at radius 2 is 1.90 bits per heavy atom. The van der Waals surface area contributed by atoms with E-state index in [2.05, 4.69) is 0 Å². The molecule has 2 rings (SSSR count). The van der Waals surface area contributed by atoms with Crippen LogP contribution in [0.4, 0.5) is 0 Å². The molecule has 0 aromatic heterocycles. The smallest absolute Gasteiger partial charge is 0.222 e. The molecule has 0 saturated carbocycles. The zero-order valence-electron chi connectivity index (χ0n) is 12.3. The summed E-state index contributed by atoms with van der Waals surface area (Å²) in [4.78, 5) is 14.1. The van der Waals surface area contributed by atoms with Gasteiger partial charge in [-0.05, 0) is 25.8 Å². The lowest BCUT2D eigenvalue weighted by molar-refractivity contribution is -0.143. The Labute approximate surface area is 120 Å². The zero-order chi connectivity index (χ0) is 14.5. The number of ether oxygens (including phenoxy) is 1. The first-order valence-corrected chi connectivity index (χ1v) is 7.30. The molecule has 1 amide bonds. The highest BCUT2D eigenvalue weighted by atomic mass is 16.5. The largest absolute Gasteiger partial charge is 0.372 e. The van der Waals surface area contributed by atoms with Crippen LogP contribution in [0.25, 0.3) is 0 Å². The number of amides is 1. The van der Waals surface area contributed by atoms with E-state index >= 15 is 0 Å². The van der Waals surface area contributed by atoms with Crippen molar-refractivity contribution in [1.29, 1.82) is 0 Å². The second-order valence-electron chi connectivity index (χ2n) is 5.61. The first-order valence-electron chi connectivity index (χ1n) is 7.30. The standard InChI is InChI=1S/C16H24N2O2/c1-12-10-18(11-13(2)20-12)16(19)9-8-15(17)14-6-4-3-5-7-14/h3-7,12-13,15H,8-11,17H2,1-2H3/t12-,13-,15-/m1/s1. The molecular formula is C16H24N2O2. The van der Waals surface area contributed by atoms with Crippen LogP contribution in [0.5, 0.6) is 0 Å². The van der Waals surface area contributed by atoms with E-state index in [-0.39, 0.29) is 24.2 Å². The maximum absolute atomic E-state index is 12.2. The minimum atomic E-state index is -0.0731. The van der Waals surface area contributed by atoms with Gasteiger partial charge in [-0.25, -0.2) is 0 Å². The lowest BCUT2D eigenvalue weighted by Crippen LogP contribution is -2.48. The van der Waals surface area contributed by atoms with Crippen molar-refractivity contribution in [2.24, 2.45) is 5.73 Å². The molecule has 4 heteroatoms. The molecule has 1 aromatic carbocycles. The number of hydrogen-bond acceptors (Lipinski definition) is 3. The summed E-state index contributed by atoms with van der Waals surface area (Å²) in [6.45, 7) is 5.38. The average molecular weight is 276 g/mol. The third-order valence-electron chi connectivity index (χ3n) is 3.67. The van der Waals surface area contributed by atoms with Gasteiger partial charge in [-0.2, -0.15) is 0 Å². The van der Waals surface area contributed by atoms with Gasteiger partial charge in [0, 0.05) is 25.6 Å². The van der Waals surface area contributed by atoms with Crippen LogP contribution in [0.15, 0.2) is 30.3 Å². The maximum atomic E-state index is 12.2. The van der Waals surface area contributed by atoms with Crippen LogP contribution in [0.3, 0.4) is 0 Å². The molecule has 1 aliphatic heterocycles. The highest BCUT2D eigenvalue weighted by Crippen LogP contribution is 2.17. The van der Waals surface area contributed by atoms with E-state index in [1.165, 1.54) is 0 Å². The second-order valence-corrected chi connectivity index (χ2v) is 5.61. The van der Waals surface area contributed by atoms with Crippen molar-refractivity contribution in [3.8, 4) is 0 Å². The van der Waals surface area contributed by atoms with Gasteiger partial charge in [0.05, 0.1) is 12.2 Å². The molecule has 110 valence electrons. The summed E-state index contributed by atoms with van der Waals surface area (Å²) >= 11 is 0. The Kier molecular flexibility index (Phi) is 5.15. The molecular weight excluding hydrogens is 252 g/mol. The van der Waals surface area contributed by atoms with E-state index in [9.17, 15) is 4.79 Å². The predicted molar refractivity (Wildman–Crippen MR) is 79.2 cm³/mol. The number of nitrogens with two attached hydrogens (primary N) is 1. The maximum Gasteiger partial charge on any atom is 0.222 e. The normalized spacial score (nSPS) is 24.4. The number of carbonyl (C=O) groups excluding carboxylic acids is 1. The van der Waals surface area contributed by atoms with Crippen LogP contribution in [-0.2, 0) is 9.53 Å². The molecule has 0 bridgehead atoms. The van der Waals surface area contributed by atoms with Crippen molar-refractivity contribution in [2.45, 2.75) is 44.9 Å². The van der Waals surface area contributed by atoms with Gasteiger partial charge in [-0.3, -0.25) is 4.79 Å². The van der Waals surface area contributed by atoms with E-state index < -0.39 is 0 Å². The molecule has 0 aliphatic carbocycles. The molecule has 3 atom stereocenters. The Balaban J connectivity index is 1.83. The van der Waals surface area contributed by atoms with Crippen molar-refractivity contribution >= 4 is 5.91 Å². The van der Waals surface area contributed by atoms with E-state index in [1.807, 2.05) is 49.1 Å². The summed E-state index contributed by atoms with van der Waals surface area (Å²) in [6.07, 6.45) is 1.41. The van der Waals surface area contributed by atoms with Crippen LogP contribution in [0.2, 0.25) is 0 Å². The Bertz CT molecular complexity index is 425. The number of carbonyl (C=O) groups is 1. The zero-order valence-corrected chi connectivity index (χ0v) is 12.3. The molecule has 4 nitrogen and oxygen atoms in total. The molecule has 1 aromatic rings. The molecule has 0 spiro atoms. The van der Waals surface area contributed by atoms with Crippen LogP contribution in [0.1, 0.15) is 38.3 Å². The fourth-order valence-corrected chi connectivity index (χ4v) is 2.69. The van der Waals surface area contributed by atoms with E-state index in [0.29, 0.717) is 25.9 Å². The van der Waals surface area contributed by atoms with Crippen molar-refractivity contribution < 1.29 is 9.53 Å². The number of hydrogen-bond donors (Lipinski definition) is 1. The summed E-state index contributed by atoms with van der Waals surface area (Å²) in [5.41, 5.74) is 7.22. The van der Waals surface area contributed by atoms with Gasteiger partial charge in [0.1, 0.15) is 0 Å². The molecule has 1 heterocycles. The van der Waals surface area contributed by atoms with Gasteiger partial charge in [0.15, 0.2) is 0 Å². The quantitative estimate of drug-likeness (QED) is 0.916. The van der Waals surface area contributed by atoms with Crippen molar-refractivity contribution in [3.05, 3.63) is 35.9 Å². The van der Waals surface area contributed by atoms with Gasteiger partial charge >= 0.3 is 0 Å². The van der Waals surface area contributed by atoms with Gasteiger partial charge in [-0.15, -0.1) is 0 Å². The van der Waals surface area contributed by atoms with Gasteiger partial charge in [-0.1, -0.05) is 30.3 Å². The summed E-state index contributed by atoms with van der Waals surface area (Å²) in [5.74, 6) is 0.179. The first kappa shape index (κ1) is 15.0. The summed E-state index contributed by atoms with van der Waals surface area (Å²) in [7, 11) is 0. The predicted octanol–water partition coefficient (Wildman–Crippen LogP) is 2.10. The summed E-state index contributed by atoms with van der Waals surface area (Å²) < 4.78 is 5.64. The number of nitrogens with zero attached hydrogens (tertiary/aromatic N) is 1. The van der Waals surface area contributed by atoms with Crippen LogP contribution >= 0.6 is 0 Å². The highest BCUT2D eigenvalue weighted by Gasteiger charge is 2.25. The van der Waals surface area contributed by atoms with Crippen molar-refractivity contribution in [1.82, 2.24) is 4.90 Å². The Morgan fingerprint density at radius 3 is 2.50 bits per heavy atom. The summed E-state index contributed by atoms with van der Waals surface area (Å²) in [5, 5.41) is 0. The molecule has 2 N–H and O–H groups in total. The Morgan fingerprint density at radius 1 is 1.30 bits per heavy atom. The highest BCUT2D eigenvalue weighted by molar-refractivity contribution is 5.76. The van der Waals surface area contributed by atoms with Crippen LogP contribution in [-0.4, -0.2) is 36.1 Å². The second kappa shape index (κ2) is 6.86. The van der Waals surface area contributed by atoms with Crippen molar-refractivity contribution in [3.63, 3.8) is 0 Å². The number of rotatable bonds is 4. The average Bonchev–Trinajstić information content (AvgIpc) is 2.44. The summed E-state index contributed by atoms with van der Waals surface area (Å²) in [6, 6.07) is 9.86. The van der Waals surface area contributed by atoms with Gasteiger partial charge in [0.25, 0.3) is 0 Å². The molecule has 20 heavy (non-hydrogen) atoms. The van der Waals surface area contributed by atoms with Crippen molar-refractivity contribution in [2.75, 3.05) is 13.1 Å². The van der Waals surface area contributed by atoms with Crippen LogP contribution in [0, 0.1) is 0 Å². The molecule has 0 radical (unpaired) electrons. The molecule has 1 aliphatic rings. The SMILES string of the molecule is C[C@@H]1CN(C(=O)CC[C@@H](N)c2ccccc2)C[C@@H](C)O1. The lowest BCUT2D eigenvalue weighted by Gasteiger charge is -2.35. The molecule has 1 fully saturated rings. The number of benzene rings is 1. The van der Waals surface area contributed by atoms with E-state index in [0.717, 1.165) is 5.56 Å². The third kappa shape index (κ3) is 4.05. The fraction of sp³-hybridized carbons (Fsp3) is 0.562. The molecule has 1 saturated heterocycles. The fourth-order valence-electron chi connectivity index (χ4n) is 2.69. The third-order valence-corrected chi connectivity index (χ3v) is 3.67. The van der Waals surface area contributed by atoms with E-state index in [1.54, 1.807) is 0 Å². The van der Waals surface area contributed by atoms with E-state index in [4.69, 9.17) is 10.5 Å². The number of morpholine rings is 1. The monoisotopic (exact) mass is 276 g/mol. The minimum Gasteiger partial charge on any atom is -0.372 e. The van der Waals surface area contributed by atoms with Gasteiger partial charge in [0.2, 0.25) is 5.91 Å². The topological polar surface area (TPSA) is 55.6 Å². The van der Waals surface area contributed by atoms with Gasteiger partial charge < -0.3 is 15.4 Å². The van der Waals surface area contributed by atoms with Crippen LogP contribution < -0.4 is 5.73 Å². The Hall–Kier alpha value is -1.39. The lowest BCUT2D eigenvalue weighted by atomic mass is 10.0.